The van der Waals surface area contributed by atoms with E-state index in [0.29, 0.717) is 24.8 Å². The lowest BCUT2D eigenvalue weighted by atomic mass is 9.70. The summed E-state index contributed by atoms with van der Waals surface area (Å²) in [5.74, 6) is -1.69. The van der Waals surface area contributed by atoms with Crippen molar-refractivity contribution in [3.63, 3.8) is 0 Å². The SMILES string of the molecule is CCC1(COC(=O)c2ccccc2)COC(=O)C2CCCC3=C2C(CCC3)C(=O)OC1. The molecule has 2 unspecified atom stereocenters. The molecule has 0 aromatic heterocycles. The summed E-state index contributed by atoms with van der Waals surface area (Å²) in [5, 5.41) is 0. The molecule has 0 bridgehead atoms. The summed E-state index contributed by atoms with van der Waals surface area (Å²) in [6.07, 6.45) is 5.75. The second-order valence-electron chi connectivity index (χ2n) is 8.96. The summed E-state index contributed by atoms with van der Waals surface area (Å²) in [5.41, 5.74) is 1.91. The molecule has 166 valence electrons. The van der Waals surface area contributed by atoms with Gasteiger partial charge in [0.2, 0.25) is 0 Å². The van der Waals surface area contributed by atoms with Crippen LogP contribution in [0.1, 0.15) is 62.2 Å². The monoisotopic (exact) mass is 426 g/mol. The van der Waals surface area contributed by atoms with Crippen molar-refractivity contribution in [2.45, 2.75) is 51.9 Å². The number of hydrogen-bond donors (Lipinski definition) is 0. The minimum Gasteiger partial charge on any atom is -0.464 e. The van der Waals surface area contributed by atoms with Gasteiger partial charge in [-0.05, 0) is 62.7 Å². The minimum atomic E-state index is -0.761. The van der Waals surface area contributed by atoms with Crippen molar-refractivity contribution in [3.8, 4) is 0 Å². The van der Waals surface area contributed by atoms with E-state index in [9.17, 15) is 14.4 Å². The summed E-state index contributed by atoms with van der Waals surface area (Å²) in [7, 11) is 0. The highest BCUT2D eigenvalue weighted by atomic mass is 16.6. The van der Waals surface area contributed by atoms with Gasteiger partial charge in [0.25, 0.3) is 0 Å². The Hall–Kier alpha value is -2.63. The van der Waals surface area contributed by atoms with Gasteiger partial charge in [0, 0.05) is 0 Å². The Bertz CT molecular complexity index is 833. The van der Waals surface area contributed by atoms with E-state index in [1.54, 1.807) is 24.3 Å². The number of benzene rings is 1. The maximum atomic E-state index is 13.1. The van der Waals surface area contributed by atoms with Gasteiger partial charge in [0.1, 0.15) is 19.8 Å². The van der Waals surface area contributed by atoms with Crippen molar-refractivity contribution in [1.29, 1.82) is 0 Å². The van der Waals surface area contributed by atoms with Crippen molar-refractivity contribution in [2.75, 3.05) is 19.8 Å². The minimum absolute atomic E-state index is 0.0149. The van der Waals surface area contributed by atoms with E-state index in [2.05, 4.69) is 0 Å². The molecule has 0 spiro atoms. The third-order valence-electron chi connectivity index (χ3n) is 6.98. The van der Waals surface area contributed by atoms with Gasteiger partial charge < -0.3 is 14.2 Å². The van der Waals surface area contributed by atoms with Crippen LogP contribution in [0.15, 0.2) is 41.5 Å². The first kappa shape index (κ1) is 21.6. The van der Waals surface area contributed by atoms with Crippen LogP contribution < -0.4 is 0 Å². The Labute approximate surface area is 182 Å². The third kappa shape index (κ3) is 4.53. The molecule has 0 amide bonds. The highest BCUT2D eigenvalue weighted by Crippen LogP contribution is 2.44. The van der Waals surface area contributed by atoms with Gasteiger partial charge in [0.15, 0.2) is 0 Å². The fourth-order valence-corrected chi connectivity index (χ4v) is 4.95. The normalized spacial score (nSPS) is 28.8. The lowest BCUT2D eigenvalue weighted by Crippen LogP contribution is -2.43. The standard InChI is InChI=1S/C25H30O6/c1-2-25(14-29-22(26)18-8-4-3-5-9-18)15-30-23(27)19-12-6-10-17-11-7-13-20(21(17)19)24(28)31-16-25/h3-5,8-9,19-20H,2,6-7,10-16H2,1H3. The molecule has 2 aliphatic carbocycles. The Morgan fingerprint density at radius 3 is 2.13 bits per heavy atom. The van der Waals surface area contributed by atoms with Gasteiger partial charge in [0.05, 0.1) is 22.8 Å². The molecule has 1 fully saturated rings. The lowest BCUT2D eigenvalue weighted by molar-refractivity contribution is -0.164. The van der Waals surface area contributed by atoms with Crippen LogP contribution in [0.5, 0.6) is 0 Å². The fourth-order valence-electron chi connectivity index (χ4n) is 4.95. The Kier molecular flexibility index (Phi) is 6.44. The quantitative estimate of drug-likeness (QED) is 0.407. The molecule has 2 atom stereocenters. The Morgan fingerprint density at radius 1 is 1.00 bits per heavy atom. The molecule has 1 heterocycles. The van der Waals surface area contributed by atoms with E-state index >= 15 is 0 Å². The molecule has 1 aliphatic heterocycles. The average Bonchev–Trinajstić information content (AvgIpc) is 2.82. The van der Waals surface area contributed by atoms with E-state index in [1.165, 1.54) is 5.57 Å². The number of esters is 3. The molecule has 1 aromatic rings. The van der Waals surface area contributed by atoms with Crippen molar-refractivity contribution < 1.29 is 28.6 Å². The molecule has 6 nitrogen and oxygen atoms in total. The van der Waals surface area contributed by atoms with Crippen LogP contribution in [-0.4, -0.2) is 37.7 Å². The van der Waals surface area contributed by atoms with Crippen LogP contribution in [0.4, 0.5) is 0 Å². The predicted molar refractivity (Wildman–Crippen MR) is 113 cm³/mol. The van der Waals surface area contributed by atoms with Crippen LogP contribution in [0.2, 0.25) is 0 Å². The van der Waals surface area contributed by atoms with Gasteiger partial charge in [-0.25, -0.2) is 4.79 Å². The topological polar surface area (TPSA) is 78.9 Å². The number of ether oxygens (including phenoxy) is 3. The molecule has 4 rings (SSSR count). The van der Waals surface area contributed by atoms with E-state index < -0.39 is 11.4 Å². The van der Waals surface area contributed by atoms with Crippen molar-refractivity contribution in [1.82, 2.24) is 0 Å². The zero-order valence-electron chi connectivity index (χ0n) is 18.1. The van der Waals surface area contributed by atoms with Gasteiger partial charge in [-0.1, -0.05) is 30.7 Å². The van der Waals surface area contributed by atoms with Crippen molar-refractivity contribution in [2.24, 2.45) is 17.3 Å². The molecule has 31 heavy (non-hydrogen) atoms. The third-order valence-corrected chi connectivity index (χ3v) is 6.98. The molecular formula is C25H30O6. The number of cyclic esters (lactones) is 2. The second kappa shape index (κ2) is 9.25. The molecule has 1 saturated heterocycles. The first-order valence-corrected chi connectivity index (χ1v) is 11.3. The van der Waals surface area contributed by atoms with Crippen LogP contribution >= 0.6 is 0 Å². The molecule has 0 radical (unpaired) electrons. The maximum absolute atomic E-state index is 13.1. The van der Waals surface area contributed by atoms with Gasteiger partial charge >= 0.3 is 17.9 Å². The van der Waals surface area contributed by atoms with Crippen LogP contribution in [0.25, 0.3) is 0 Å². The molecule has 0 N–H and O–H groups in total. The number of rotatable bonds is 4. The number of hydrogen-bond acceptors (Lipinski definition) is 6. The Morgan fingerprint density at radius 2 is 1.58 bits per heavy atom. The average molecular weight is 427 g/mol. The Balaban J connectivity index is 1.54. The summed E-state index contributed by atoms with van der Waals surface area (Å²) in [4.78, 5) is 38.5. The summed E-state index contributed by atoms with van der Waals surface area (Å²) < 4.78 is 17.1. The zero-order chi connectivity index (χ0) is 21.8. The number of carbonyl (C=O) groups excluding carboxylic acids is 3. The number of carbonyl (C=O) groups is 3. The molecule has 1 aromatic carbocycles. The van der Waals surface area contributed by atoms with Gasteiger partial charge in [-0.15, -0.1) is 0 Å². The first-order valence-electron chi connectivity index (χ1n) is 11.3. The van der Waals surface area contributed by atoms with Crippen LogP contribution in [-0.2, 0) is 23.8 Å². The smallest absolute Gasteiger partial charge is 0.338 e. The van der Waals surface area contributed by atoms with Crippen LogP contribution in [0, 0.1) is 17.3 Å². The fraction of sp³-hybridized carbons (Fsp3) is 0.560. The summed E-state index contributed by atoms with van der Waals surface area (Å²) in [6, 6.07) is 8.74. The van der Waals surface area contributed by atoms with Gasteiger partial charge in [-0.3, -0.25) is 9.59 Å². The largest absolute Gasteiger partial charge is 0.464 e. The van der Waals surface area contributed by atoms with E-state index in [0.717, 1.165) is 31.3 Å². The maximum Gasteiger partial charge on any atom is 0.338 e. The first-order chi connectivity index (χ1) is 15.0. The van der Waals surface area contributed by atoms with E-state index in [1.807, 2.05) is 13.0 Å². The van der Waals surface area contributed by atoms with Crippen molar-refractivity contribution in [3.05, 3.63) is 47.0 Å². The van der Waals surface area contributed by atoms with E-state index in [-0.39, 0.29) is 43.6 Å². The molecular weight excluding hydrogens is 396 g/mol. The van der Waals surface area contributed by atoms with Crippen molar-refractivity contribution >= 4 is 17.9 Å². The molecule has 0 saturated carbocycles. The number of allylic oxidation sites excluding steroid dienone is 1. The molecule has 3 aliphatic rings. The highest BCUT2D eigenvalue weighted by molar-refractivity contribution is 5.89. The highest BCUT2D eigenvalue weighted by Gasteiger charge is 2.43. The summed E-state index contributed by atoms with van der Waals surface area (Å²) in [6.45, 7) is 2.05. The van der Waals surface area contributed by atoms with Crippen LogP contribution in [0.3, 0.4) is 0 Å². The zero-order valence-corrected chi connectivity index (χ0v) is 18.1. The predicted octanol–water partition coefficient (Wildman–Crippen LogP) is 4.24. The van der Waals surface area contributed by atoms with Gasteiger partial charge in [-0.2, -0.15) is 0 Å². The second-order valence-corrected chi connectivity index (χ2v) is 8.96. The van der Waals surface area contributed by atoms with E-state index in [4.69, 9.17) is 14.2 Å². The lowest BCUT2D eigenvalue weighted by Gasteiger charge is -2.38. The molecule has 6 heteroatoms. The summed E-state index contributed by atoms with van der Waals surface area (Å²) >= 11 is 0.